The quantitative estimate of drug-likeness (QED) is 0.511. The fourth-order valence-corrected chi connectivity index (χ4v) is 5.65. The van der Waals surface area contributed by atoms with E-state index in [2.05, 4.69) is 9.80 Å². The Morgan fingerprint density at radius 2 is 1.84 bits per heavy atom. The zero-order valence-corrected chi connectivity index (χ0v) is 20.0. The lowest BCUT2D eigenvalue weighted by atomic mass is 10.1. The first-order chi connectivity index (χ1) is 15.5. The van der Waals surface area contributed by atoms with Gasteiger partial charge in [0.25, 0.3) is 11.5 Å². The molecule has 1 amide bonds. The van der Waals surface area contributed by atoms with Crippen molar-refractivity contribution in [3.63, 3.8) is 0 Å². The fraction of sp³-hybridized carbons (Fsp3) is 0.435. The maximum Gasteiger partial charge on any atom is 0.266 e. The van der Waals surface area contributed by atoms with Crippen LogP contribution in [0, 0.1) is 0 Å². The number of piperazine rings is 1. The van der Waals surface area contributed by atoms with Gasteiger partial charge in [-0.1, -0.05) is 49.1 Å². The van der Waals surface area contributed by atoms with Gasteiger partial charge in [-0.25, -0.2) is 0 Å². The minimum absolute atomic E-state index is 0.128. The minimum atomic E-state index is -0.129. The molecular weight excluding hydrogens is 444 g/mol. The van der Waals surface area contributed by atoms with Crippen molar-refractivity contribution in [3.05, 3.63) is 45.1 Å². The molecule has 0 aliphatic carbocycles. The van der Waals surface area contributed by atoms with Crippen LogP contribution in [0.25, 0.3) is 17.0 Å². The molecule has 32 heavy (non-hydrogen) atoms. The molecule has 2 saturated heterocycles. The van der Waals surface area contributed by atoms with E-state index in [-0.39, 0.29) is 18.1 Å². The van der Waals surface area contributed by atoms with Gasteiger partial charge in [-0.05, 0) is 18.6 Å². The Labute approximate surface area is 197 Å². The van der Waals surface area contributed by atoms with Gasteiger partial charge < -0.3 is 14.6 Å². The van der Waals surface area contributed by atoms with Crippen LogP contribution in [0.2, 0.25) is 0 Å². The van der Waals surface area contributed by atoms with E-state index in [4.69, 9.17) is 12.2 Å². The largest absolute Gasteiger partial charge is 0.395 e. The number of β-amino-alcohol motifs (C(OH)–C–C–N with tert-alkyl or cyclic N) is 1. The molecule has 170 valence electrons. The summed E-state index contributed by atoms with van der Waals surface area (Å²) in [5, 5.41) is 10.2. The lowest BCUT2D eigenvalue weighted by molar-refractivity contribution is -0.122. The summed E-state index contributed by atoms with van der Waals surface area (Å²) in [6.45, 7) is 6.48. The van der Waals surface area contributed by atoms with Crippen LogP contribution in [-0.2, 0) is 11.8 Å². The molecular formula is C23H28N4O3S2. The third-order valence-electron chi connectivity index (χ3n) is 6.01. The molecule has 0 atom stereocenters. The van der Waals surface area contributed by atoms with Crippen LogP contribution in [0.15, 0.2) is 34.0 Å². The Morgan fingerprint density at radius 3 is 2.53 bits per heavy atom. The number of amides is 1. The highest BCUT2D eigenvalue weighted by Crippen LogP contribution is 2.36. The van der Waals surface area contributed by atoms with Crippen molar-refractivity contribution in [2.45, 2.75) is 13.3 Å². The van der Waals surface area contributed by atoms with E-state index in [1.165, 1.54) is 11.8 Å². The van der Waals surface area contributed by atoms with Crippen molar-refractivity contribution in [2.24, 2.45) is 7.05 Å². The van der Waals surface area contributed by atoms with Crippen LogP contribution < -0.4 is 10.5 Å². The third kappa shape index (κ3) is 4.22. The zero-order chi connectivity index (χ0) is 22.8. The normalized spacial score (nSPS) is 19.0. The van der Waals surface area contributed by atoms with Gasteiger partial charge >= 0.3 is 0 Å². The van der Waals surface area contributed by atoms with Crippen LogP contribution >= 0.6 is 24.0 Å². The van der Waals surface area contributed by atoms with Crippen LogP contribution in [0.3, 0.4) is 0 Å². The van der Waals surface area contributed by atoms with E-state index in [1.54, 1.807) is 22.6 Å². The van der Waals surface area contributed by atoms with Crippen LogP contribution in [0.4, 0.5) is 5.69 Å². The molecule has 1 aromatic heterocycles. The van der Waals surface area contributed by atoms with Crippen LogP contribution in [-0.4, -0.2) is 75.6 Å². The lowest BCUT2D eigenvalue weighted by Gasteiger charge is -2.37. The van der Waals surface area contributed by atoms with Crippen molar-refractivity contribution in [3.8, 4) is 0 Å². The number of hydrogen-bond donors (Lipinski definition) is 1. The molecule has 3 heterocycles. The number of nitrogens with zero attached hydrogens (tertiary/aromatic N) is 4. The first-order valence-electron chi connectivity index (χ1n) is 10.9. The topological polar surface area (TPSA) is 69.0 Å². The highest BCUT2D eigenvalue weighted by atomic mass is 32.2. The second-order valence-electron chi connectivity index (χ2n) is 8.03. The molecule has 9 heteroatoms. The number of para-hydroxylation sites is 1. The molecule has 0 saturated carbocycles. The third-order valence-corrected chi connectivity index (χ3v) is 7.39. The maximum absolute atomic E-state index is 13.5. The second kappa shape index (κ2) is 9.74. The van der Waals surface area contributed by atoms with Crippen molar-refractivity contribution < 1.29 is 9.90 Å². The number of rotatable bonds is 6. The average molecular weight is 473 g/mol. The van der Waals surface area contributed by atoms with Gasteiger partial charge in [0.2, 0.25) is 0 Å². The SMILES string of the molecule is CCCN1C(=O)C(=Cc2c(N3CCN(CCO)CC3)c3ccccc3n(C)c2=O)SC1=S. The maximum atomic E-state index is 13.5. The number of benzene rings is 1. The van der Waals surface area contributed by atoms with Crippen molar-refractivity contribution >= 4 is 56.9 Å². The molecule has 2 aliphatic rings. The Balaban J connectivity index is 1.83. The van der Waals surface area contributed by atoms with Gasteiger partial charge in [0.15, 0.2) is 0 Å². The number of aryl methyl sites for hydroxylation is 1. The van der Waals surface area contributed by atoms with E-state index in [0.29, 0.717) is 27.9 Å². The van der Waals surface area contributed by atoms with Gasteiger partial charge in [0, 0.05) is 51.7 Å². The van der Waals surface area contributed by atoms with Crippen molar-refractivity contribution in [1.29, 1.82) is 0 Å². The van der Waals surface area contributed by atoms with E-state index >= 15 is 0 Å². The standard InChI is InChI=1S/C23H28N4O3S2/c1-3-8-27-22(30)19(32-23(27)31)15-17-20(26-11-9-25(10-12-26)13-14-28)16-6-4-5-7-18(16)24(2)21(17)29/h4-7,15,28H,3,8-14H2,1-2H3. The first kappa shape index (κ1) is 23.0. The van der Waals surface area contributed by atoms with E-state index in [9.17, 15) is 14.7 Å². The Morgan fingerprint density at radius 1 is 1.12 bits per heavy atom. The smallest absolute Gasteiger partial charge is 0.266 e. The number of anilines is 1. The number of carbonyl (C=O) groups is 1. The average Bonchev–Trinajstić information content (AvgIpc) is 3.06. The van der Waals surface area contributed by atoms with Gasteiger partial charge in [-0.2, -0.15) is 0 Å². The highest BCUT2D eigenvalue weighted by Gasteiger charge is 2.32. The summed E-state index contributed by atoms with van der Waals surface area (Å²) in [4.78, 5) is 33.0. The number of hydrogen-bond acceptors (Lipinski definition) is 7. The number of aromatic nitrogens is 1. The van der Waals surface area contributed by atoms with Crippen molar-refractivity contribution in [1.82, 2.24) is 14.4 Å². The second-order valence-corrected chi connectivity index (χ2v) is 9.71. The Hall–Kier alpha value is -2.20. The number of fused-ring (bicyclic) bond motifs is 1. The number of thioether (sulfide) groups is 1. The molecule has 2 aliphatic heterocycles. The molecule has 2 fully saturated rings. The number of thiocarbonyl (C=S) groups is 1. The molecule has 0 unspecified atom stereocenters. The highest BCUT2D eigenvalue weighted by molar-refractivity contribution is 8.26. The minimum Gasteiger partial charge on any atom is -0.395 e. The van der Waals surface area contributed by atoms with Crippen molar-refractivity contribution in [2.75, 3.05) is 50.8 Å². The molecule has 0 bridgehead atoms. The van der Waals surface area contributed by atoms with Crippen LogP contribution in [0.5, 0.6) is 0 Å². The summed E-state index contributed by atoms with van der Waals surface area (Å²) >= 11 is 6.68. The molecule has 0 radical (unpaired) electrons. The summed E-state index contributed by atoms with van der Waals surface area (Å²) in [5.74, 6) is -0.129. The number of aliphatic hydroxyl groups is 1. The predicted octanol–water partition coefficient (Wildman–Crippen LogP) is 2.26. The summed E-state index contributed by atoms with van der Waals surface area (Å²) in [6, 6.07) is 7.89. The zero-order valence-electron chi connectivity index (χ0n) is 18.4. The fourth-order valence-electron chi connectivity index (χ4n) is 4.36. The van der Waals surface area contributed by atoms with E-state index in [1.807, 2.05) is 31.2 Å². The van der Waals surface area contributed by atoms with Gasteiger partial charge in [0.05, 0.1) is 28.3 Å². The first-order valence-corrected chi connectivity index (χ1v) is 12.1. The Kier molecular flexibility index (Phi) is 6.99. The predicted molar refractivity (Wildman–Crippen MR) is 135 cm³/mol. The van der Waals surface area contributed by atoms with Gasteiger partial charge in [0.1, 0.15) is 4.32 Å². The number of pyridine rings is 1. The molecule has 1 N–H and O–H groups in total. The summed E-state index contributed by atoms with van der Waals surface area (Å²) in [6.07, 6.45) is 2.56. The lowest BCUT2D eigenvalue weighted by Crippen LogP contribution is -2.48. The molecule has 2 aromatic rings. The Bertz CT molecular complexity index is 1140. The summed E-state index contributed by atoms with van der Waals surface area (Å²) in [5.41, 5.74) is 2.13. The monoisotopic (exact) mass is 472 g/mol. The molecule has 4 rings (SSSR count). The molecule has 0 spiro atoms. The number of aliphatic hydroxyl groups excluding tert-OH is 1. The molecule has 1 aromatic carbocycles. The summed E-state index contributed by atoms with van der Waals surface area (Å²) < 4.78 is 2.19. The molecule has 7 nitrogen and oxygen atoms in total. The van der Waals surface area contributed by atoms with E-state index in [0.717, 1.165) is 49.2 Å². The van der Waals surface area contributed by atoms with Gasteiger partial charge in [-0.3, -0.25) is 19.4 Å². The number of carbonyl (C=O) groups excluding carboxylic acids is 1. The van der Waals surface area contributed by atoms with Gasteiger partial charge in [-0.15, -0.1) is 0 Å². The summed E-state index contributed by atoms with van der Waals surface area (Å²) in [7, 11) is 1.77. The van der Waals surface area contributed by atoms with E-state index < -0.39 is 0 Å². The van der Waals surface area contributed by atoms with Crippen LogP contribution in [0.1, 0.15) is 18.9 Å².